The molecule has 1 aliphatic rings. The SMILES string of the molecule is O=C(O)CCCCCCCCCCCCC(=O)NC(CO[C@@H]1O[C@H](CO)[C@H](O)[C@H](O)[C@H]1O)C(=O)NCCOS(=O)(=O)O. The van der Waals surface area contributed by atoms with Crippen molar-refractivity contribution in [3.05, 3.63) is 0 Å². The van der Waals surface area contributed by atoms with E-state index in [1.54, 1.807) is 0 Å². The van der Waals surface area contributed by atoms with Crippen LogP contribution in [0.1, 0.15) is 77.0 Å². The standard InChI is InChI=1S/C25H46N2O14S/c28-15-18-21(32)22(33)23(34)25(41-18)39-16-17(24(35)26-13-14-40-42(36,37)38)27-19(29)11-9-7-5-3-1-2-4-6-8-10-12-20(30)31/h17-18,21-23,25,28,32-34H,1-16H2,(H,26,35)(H,27,29)(H,30,31)(H,36,37,38)/t17?,18-,21+,22+,23-,25-/m1/s1. The zero-order chi connectivity index (χ0) is 31.5. The van der Waals surface area contributed by atoms with E-state index in [0.29, 0.717) is 12.8 Å². The molecule has 1 saturated heterocycles. The van der Waals surface area contributed by atoms with Gasteiger partial charge in [0.1, 0.15) is 30.5 Å². The number of carboxylic acid groups (broad SMARTS) is 1. The molecule has 0 spiro atoms. The van der Waals surface area contributed by atoms with Gasteiger partial charge in [-0.05, 0) is 12.8 Å². The van der Waals surface area contributed by atoms with Gasteiger partial charge in [-0.15, -0.1) is 0 Å². The smallest absolute Gasteiger partial charge is 0.397 e. The van der Waals surface area contributed by atoms with Crippen LogP contribution in [0.15, 0.2) is 0 Å². The molecule has 2 amide bonds. The van der Waals surface area contributed by atoms with Gasteiger partial charge in [0.05, 0.1) is 19.8 Å². The number of carboxylic acids is 1. The number of nitrogens with one attached hydrogen (secondary N) is 2. The lowest BCUT2D eigenvalue weighted by molar-refractivity contribution is -0.301. The highest BCUT2D eigenvalue weighted by molar-refractivity contribution is 7.80. The molecule has 0 aromatic carbocycles. The Balaban J connectivity index is 2.47. The van der Waals surface area contributed by atoms with E-state index in [0.717, 1.165) is 51.4 Å². The predicted octanol–water partition coefficient (Wildman–Crippen LogP) is -1.01. The first-order valence-electron chi connectivity index (χ1n) is 14.2. The fraction of sp³-hybridized carbons (Fsp3) is 0.880. The van der Waals surface area contributed by atoms with Crippen LogP contribution in [-0.2, 0) is 38.4 Å². The van der Waals surface area contributed by atoms with E-state index in [-0.39, 0.29) is 19.4 Å². The summed E-state index contributed by atoms with van der Waals surface area (Å²) in [5.74, 6) is -2.04. The van der Waals surface area contributed by atoms with Crippen molar-refractivity contribution in [3.8, 4) is 0 Å². The van der Waals surface area contributed by atoms with Gasteiger partial charge in [0.25, 0.3) is 0 Å². The summed E-state index contributed by atoms with van der Waals surface area (Å²) in [4.78, 5) is 35.7. The number of hydrogen-bond acceptors (Lipinski definition) is 12. The van der Waals surface area contributed by atoms with Gasteiger partial charge in [0.15, 0.2) is 6.29 Å². The minimum atomic E-state index is -4.71. The number of hydrogen-bond donors (Lipinski definition) is 8. The molecule has 0 aromatic heterocycles. The van der Waals surface area contributed by atoms with E-state index < -0.39 is 84.8 Å². The second-order valence-corrected chi connectivity index (χ2v) is 11.2. The second kappa shape index (κ2) is 20.9. The van der Waals surface area contributed by atoms with Gasteiger partial charge in [0.2, 0.25) is 11.8 Å². The van der Waals surface area contributed by atoms with E-state index in [9.17, 15) is 43.2 Å². The minimum absolute atomic E-state index is 0.110. The van der Waals surface area contributed by atoms with E-state index in [1.807, 2.05) is 0 Å². The third-order valence-electron chi connectivity index (χ3n) is 6.61. The average Bonchev–Trinajstić information content (AvgIpc) is 2.92. The lowest BCUT2D eigenvalue weighted by Gasteiger charge is -2.39. The Bertz CT molecular complexity index is 904. The zero-order valence-electron chi connectivity index (χ0n) is 23.6. The number of rotatable bonds is 23. The summed E-state index contributed by atoms with van der Waals surface area (Å²) in [6.07, 6.45) is 1.55. The predicted molar refractivity (Wildman–Crippen MR) is 145 cm³/mol. The van der Waals surface area contributed by atoms with Crippen molar-refractivity contribution >= 4 is 28.2 Å². The Morgan fingerprint density at radius 2 is 1.38 bits per heavy atom. The molecule has 1 unspecified atom stereocenters. The van der Waals surface area contributed by atoms with Crippen molar-refractivity contribution in [2.24, 2.45) is 0 Å². The summed E-state index contributed by atoms with van der Waals surface area (Å²) in [6.45, 7) is -2.15. The third-order valence-corrected chi connectivity index (χ3v) is 7.07. The Kier molecular flexibility index (Phi) is 18.9. The normalized spacial score (nSPS) is 23.3. The first-order valence-corrected chi connectivity index (χ1v) is 15.5. The topological polar surface area (TPSA) is 258 Å². The fourth-order valence-electron chi connectivity index (χ4n) is 4.27. The molecule has 1 rings (SSSR count). The summed E-state index contributed by atoms with van der Waals surface area (Å²) in [6, 6.07) is -1.33. The van der Waals surface area contributed by atoms with Gasteiger partial charge in [-0.1, -0.05) is 51.4 Å². The fourth-order valence-corrected chi connectivity index (χ4v) is 4.56. The van der Waals surface area contributed by atoms with Gasteiger partial charge < -0.3 is 45.6 Å². The Morgan fingerprint density at radius 3 is 1.90 bits per heavy atom. The molecular weight excluding hydrogens is 584 g/mol. The monoisotopic (exact) mass is 630 g/mol. The second-order valence-electron chi connectivity index (χ2n) is 10.1. The molecule has 0 radical (unpaired) electrons. The van der Waals surface area contributed by atoms with Gasteiger partial charge in [-0.2, -0.15) is 8.42 Å². The highest BCUT2D eigenvalue weighted by Gasteiger charge is 2.44. The number of aliphatic carboxylic acids is 1. The highest BCUT2D eigenvalue weighted by Crippen LogP contribution is 2.22. The number of ether oxygens (including phenoxy) is 2. The van der Waals surface area contributed by atoms with Gasteiger partial charge >= 0.3 is 16.4 Å². The Hall–Kier alpha value is -1.96. The number of unbranched alkanes of at least 4 members (excludes halogenated alkanes) is 9. The molecule has 6 atom stereocenters. The first-order chi connectivity index (χ1) is 19.9. The van der Waals surface area contributed by atoms with Crippen molar-refractivity contribution in [1.29, 1.82) is 0 Å². The molecular formula is C25H46N2O14S. The molecule has 1 heterocycles. The largest absolute Gasteiger partial charge is 0.481 e. The first kappa shape index (κ1) is 38.1. The van der Waals surface area contributed by atoms with Crippen LogP contribution in [0.4, 0.5) is 0 Å². The summed E-state index contributed by atoms with van der Waals surface area (Å²) >= 11 is 0. The Morgan fingerprint density at radius 1 is 0.833 bits per heavy atom. The molecule has 8 N–H and O–H groups in total. The summed E-state index contributed by atoms with van der Waals surface area (Å²) in [5, 5.41) is 52.7. The maximum Gasteiger partial charge on any atom is 0.397 e. The molecule has 1 fully saturated rings. The molecule has 0 aromatic rings. The molecule has 42 heavy (non-hydrogen) atoms. The average molecular weight is 631 g/mol. The summed E-state index contributed by atoms with van der Waals surface area (Å²) < 4.78 is 44.7. The van der Waals surface area contributed by atoms with Crippen LogP contribution in [0, 0.1) is 0 Å². The van der Waals surface area contributed by atoms with Crippen LogP contribution < -0.4 is 10.6 Å². The lowest BCUT2D eigenvalue weighted by atomic mass is 9.99. The van der Waals surface area contributed by atoms with Gasteiger partial charge in [0, 0.05) is 19.4 Å². The molecule has 1 aliphatic heterocycles. The van der Waals surface area contributed by atoms with Crippen LogP contribution in [0.2, 0.25) is 0 Å². The van der Waals surface area contributed by atoms with Crippen molar-refractivity contribution in [3.63, 3.8) is 0 Å². The number of amides is 2. The van der Waals surface area contributed by atoms with Crippen LogP contribution in [0.25, 0.3) is 0 Å². The van der Waals surface area contributed by atoms with Crippen LogP contribution >= 0.6 is 0 Å². The van der Waals surface area contributed by atoms with Crippen molar-refractivity contribution in [2.75, 3.05) is 26.4 Å². The van der Waals surface area contributed by atoms with Crippen molar-refractivity contribution in [2.45, 2.75) is 114 Å². The molecule has 0 bridgehead atoms. The van der Waals surface area contributed by atoms with Gasteiger partial charge in [-0.3, -0.25) is 18.9 Å². The summed E-state index contributed by atoms with van der Waals surface area (Å²) in [7, 11) is -4.71. The zero-order valence-corrected chi connectivity index (χ0v) is 24.5. The summed E-state index contributed by atoms with van der Waals surface area (Å²) in [5.41, 5.74) is 0. The minimum Gasteiger partial charge on any atom is -0.481 e. The maximum atomic E-state index is 12.7. The molecule has 246 valence electrons. The highest BCUT2D eigenvalue weighted by atomic mass is 32.3. The quantitative estimate of drug-likeness (QED) is 0.0497. The van der Waals surface area contributed by atoms with E-state index in [4.69, 9.17) is 19.1 Å². The third kappa shape index (κ3) is 16.6. The van der Waals surface area contributed by atoms with Gasteiger partial charge in [-0.25, -0.2) is 4.18 Å². The molecule has 0 saturated carbocycles. The molecule has 17 heteroatoms. The molecule has 0 aliphatic carbocycles. The van der Waals surface area contributed by atoms with E-state index in [2.05, 4.69) is 14.8 Å². The van der Waals surface area contributed by atoms with Crippen LogP contribution in [-0.4, -0.2) is 119 Å². The van der Waals surface area contributed by atoms with Crippen LogP contribution in [0.3, 0.4) is 0 Å². The Labute approximate surface area is 245 Å². The number of aliphatic hydroxyl groups is 4. The number of carbonyl (C=O) groups is 3. The lowest BCUT2D eigenvalue weighted by Crippen LogP contribution is -2.60. The van der Waals surface area contributed by atoms with Crippen molar-refractivity contribution in [1.82, 2.24) is 10.6 Å². The van der Waals surface area contributed by atoms with E-state index >= 15 is 0 Å². The van der Waals surface area contributed by atoms with Crippen LogP contribution in [0.5, 0.6) is 0 Å². The molecule has 16 nitrogen and oxygen atoms in total. The van der Waals surface area contributed by atoms with E-state index in [1.165, 1.54) is 0 Å². The number of aliphatic hydroxyl groups excluding tert-OH is 4. The van der Waals surface area contributed by atoms with Crippen molar-refractivity contribution < 1.29 is 66.5 Å². The number of carbonyl (C=O) groups excluding carboxylic acids is 2. The maximum absolute atomic E-state index is 12.7.